The van der Waals surface area contributed by atoms with Gasteiger partial charge in [0, 0.05) is 5.56 Å². The lowest BCUT2D eigenvalue weighted by Gasteiger charge is -2.04. The molecular weight excluding hydrogens is 260 g/mol. The molecule has 0 amide bonds. The first-order valence-electron chi connectivity index (χ1n) is 6.10. The van der Waals surface area contributed by atoms with Crippen LogP contribution in [-0.2, 0) is 9.47 Å². The van der Waals surface area contributed by atoms with E-state index >= 15 is 0 Å². The van der Waals surface area contributed by atoms with E-state index < -0.39 is 11.9 Å². The third kappa shape index (κ3) is 2.71. The van der Waals surface area contributed by atoms with Gasteiger partial charge in [0.1, 0.15) is 11.3 Å². The van der Waals surface area contributed by atoms with Gasteiger partial charge in [-0.25, -0.2) is 9.59 Å². The van der Waals surface area contributed by atoms with E-state index in [9.17, 15) is 9.59 Å². The van der Waals surface area contributed by atoms with Crippen molar-refractivity contribution in [3.8, 4) is 11.3 Å². The number of hydrogen-bond donors (Lipinski definition) is 0. The zero-order valence-electron chi connectivity index (χ0n) is 11.2. The average molecular weight is 274 g/mol. The Morgan fingerprint density at radius 3 is 2.70 bits per heavy atom. The van der Waals surface area contributed by atoms with Crippen molar-refractivity contribution in [2.45, 2.75) is 6.92 Å². The molecule has 1 aromatic heterocycles. The topological polar surface area (TPSA) is 65.7 Å². The number of carbonyl (C=O) groups excluding carboxylic acids is 2. The molecule has 0 saturated heterocycles. The van der Waals surface area contributed by atoms with Crippen LogP contribution in [0.15, 0.2) is 41.0 Å². The van der Waals surface area contributed by atoms with Crippen LogP contribution in [0.25, 0.3) is 11.3 Å². The normalized spacial score (nSPS) is 10.1. The number of ether oxygens (including phenoxy) is 2. The van der Waals surface area contributed by atoms with Crippen LogP contribution in [0.5, 0.6) is 0 Å². The maximum atomic E-state index is 11.8. The summed E-state index contributed by atoms with van der Waals surface area (Å²) in [6.45, 7) is 2.02. The Morgan fingerprint density at radius 1 is 1.20 bits per heavy atom. The third-order valence-corrected chi connectivity index (χ3v) is 2.71. The number of hydrogen-bond acceptors (Lipinski definition) is 5. The van der Waals surface area contributed by atoms with Gasteiger partial charge >= 0.3 is 11.9 Å². The molecule has 1 heterocycles. The molecule has 20 heavy (non-hydrogen) atoms. The van der Waals surface area contributed by atoms with Crippen molar-refractivity contribution in [3.05, 3.63) is 47.7 Å². The minimum atomic E-state index is -0.459. The fourth-order valence-electron chi connectivity index (χ4n) is 1.81. The fraction of sp³-hybridized carbons (Fsp3) is 0.200. The Morgan fingerprint density at radius 2 is 2.00 bits per heavy atom. The molecule has 0 N–H and O–H groups in total. The summed E-state index contributed by atoms with van der Waals surface area (Å²) in [7, 11) is 1.31. The molecule has 0 fully saturated rings. The van der Waals surface area contributed by atoms with Crippen LogP contribution in [0.2, 0.25) is 0 Å². The molecule has 2 rings (SSSR count). The average Bonchev–Trinajstić information content (AvgIpc) is 2.96. The summed E-state index contributed by atoms with van der Waals surface area (Å²) in [6, 6.07) is 8.21. The molecule has 2 aromatic rings. The molecule has 0 aliphatic carbocycles. The maximum Gasteiger partial charge on any atom is 0.342 e. The summed E-state index contributed by atoms with van der Waals surface area (Å²) in [6.07, 6.45) is 1.41. The van der Waals surface area contributed by atoms with E-state index in [0.717, 1.165) is 0 Å². The summed E-state index contributed by atoms with van der Waals surface area (Å²) in [5.74, 6) is -0.537. The van der Waals surface area contributed by atoms with Gasteiger partial charge in [0.15, 0.2) is 0 Å². The van der Waals surface area contributed by atoms with Gasteiger partial charge in [-0.2, -0.15) is 0 Å². The maximum absolute atomic E-state index is 11.8. The summed E-state index contributed by atoms with van der Waals surface area (Å²) < 4.78 is 15.0. The van der Waals surface area contributed by atoms with Crippen molar-refractivity contribution in [3.63, 3.8) is 0 Å². The zero-order chi connectivity index (χ0) is 14.5. The van der Waals surface area contributed by atoms with E-state index in [0.29, 0.717) is 22.5 Å². The molecule has 1 aromatic carbocycles. The van der Waals surface area contributed by atoms with E-state index in [1.54, 1.807) is 31.2 Å². The van der Waals surface area contributed by atoms with Gasteiger partial charge in [0.05, 0.1) is 25.5 Å². The van der Waals surface area contributed by atoms with Gasteiger partial charge in [-0.1, -0.05) is 12.1 Å². The Hall–Kier alpha value is -2.56. The fourth-order valence-corrected chi connectivity index (χ4v) is 1.81. The summed E-state index contributed by atoms with van der Waals surface area (Å²) >= 11 is 0. The molecule has 0 spiro atoms. The summed E-state index contributed by atoms with van der Waals surface area (Å²) in [5.41, 5.74) is 1.33. The molecule has 5 heteroatoms. The van der Waals surface area contributed by atoms with Crippen LogP contribution >= 0.6 is 0 Å². The number of esters is 2. The van der Waals surface area contributed by atoms with Gasteiger partial charge in [0.25, 0.3) is 0 Å². The molecule has 0 aliphatic heterocycles. The van der Waals surface area contributed by atoms with E-state index in [4.69, 9.17) is 9.15 Å². The highest BCUT2D eigenvalue weighted by molar-refractivity contribution is 5.97. The van der Waals surface area contributed by atoms with Crippen LogP contribution in [0.1, 0.15) is 27.6 Å². The Labute approximate surface area is 116 Å². The summed E-state index contributed by atoms with van der Waals surface area (Å²) in [4.78, 5) is 23.3. The van der Waals surface area contributed by atoms with Gasteiger partial charge in [-0.15, -0.1) is 0 Å². The number of rotatable bonds is 4. The second-order valence-corrected chi connectivity index (χ2v) is 3.96. The minimum absolute atomic E-state index is 0.283. The van der Waals surface area contributed by atoms with Gasteiger partial charge in [-0.05, 0) is 25.1 Å². The molecule has 0 saturated carbocycles. The van der Waals surface area contributed by atoms with Crippen molar-refractivity contribution in [1.82, 2.24) is 0 Å². The van der Waals surface area contributed by atoms with Gasteiger partial charge in [-0.3, -0.25) is 0 Å². The van der Waals surface area contributed by atoms with Crippen molar-refractivity contribution < 1.29 is 23.5 Å². The van der Waals surface area contributed by atoms with Gasteiger partial charge < -0.3 is 13.9 Å². The van der Waals surface area contributed by atoms with Crippen LogP contribution in [-0.4, -0.2) is 25.7 Å². The highest BCUT2D eigenvalue weighted by atomic mass is 16.5. The van der Waals surface area contributed by atoms with E-state index in [1.807, 2.05) is 0 Å². The van der Waals surface area contributed by atoms with E-state index in [1.165, 1.54) is 19.4 Å². The zero-order valence-corrected chi connectivity index (χ0v) is 11.2. The molecule has 0 bridgehead atoms. The number of benzene rings is 1. The molecule has 0 radical (unpaired) electrons. The highest BCUT2D eigenvalue weighted by Crippen LogP contribution is 2.26. The number of carbonyl (C=O) groups is 2. The second kappa shape index (κ2) is 6.06. The second-order valence-electron chi connectivity index (χ2n) is 3.96. The number of furan rings is 1. The van der Waals surface area contributed by atoms with Crippen molar-refractivity contribution in [1.29, 1.82) is 0 Å². The molecule has 5 nitrogen and oxygen atoms in total. The lowest BCUT2D eigenvalue weighted by Crippen LogP contribution is -2.05. The first kappa shape index (κ1) is 13.9. The molecule has 104 valence electrons. The van der Waals surface area contributed by atoms with E-state index in [2.05, 4.69) is 4.74 Å². The lowest BCUT2D eigenvalue weighted by molar-refractivity contribution is 0.0526. The predicted octanol–water partition coefficient (Wildman–Crippen LogP) is 2.91. The van der Waals surface area contributed by atoms with Crippen molar-refractivity contribution in [2.75, 3.05) is 13.7 Å². The Bertz CT molecular complexity index is 627. The SMILES string of the molecule is CCOC(=O)c1ccoc1-c1cccc(C(=O)OC)c1. The first-order valence-corrected chi connectivity index (χ1v) is 6.10. The quantitative estimate of drug-likeness (QED) is 0.802. The monoisotopic (exact) mass is 274 g/mol. The first-order chi connectivity index (χ1) is 9.67. The number of methoxy groups -OCH3 is 1. The molecular formula is C15H14O5. The Balaban J connectivity index is 2.40. The van der Waals surface area contributed by atoms with Crippen molar-refractivity contribution in [2.24, 2.45) is 0 Å². The van der Waals surface area contributed by atoms with E-state index in [-0.39, 0.29) is 6.61 Å². The van der Waals surface area contributed by atoms with Gasteiger partial charge in [0.2, 0.25) is 0 Å². The van der Waals surface area contributed by atoms with Crippen molar-refractivity contribution >= 4 is 11.9 Å². The largest absolute Gasteiger partial charge is 0.465 e. The smallest absolute Gasteiger partial charge is 0.342 e. The van der Waals surface area contributed by atoms with Crippen LogP contribution < -0.4 is 0 Å². The van der Waals surface area contributed by atoms with Crippen LogP contribution in [0, 0.1) is 0 Å². The van der Waals surface area contributed by atoms with Crippen LogP contribution in [0.4, 0.5) is 0 Å². The molecule has 0 unspecified atom stereocenters. The lowest BCUT2D eigenvalue weighted by atomic mass is 10.1. The minimum Gasteiger partial charge on any atom is -0.465 e. The predicted molar refractivity (Wildman–Crippen MR) is 71.4 cm³/mol. The highest BCUT2D eigenvalue weighted by Gasteiger charge is 2.18. The standard InChI is InChI=1S/C15H14O5/c1-3-19-15(17)12-7-8-20-13(12)10-5-4-6-11(9-10)14(16)18-2/h4-9H,3H2,1-2H3. The van der Waals surface area contributed by atoms with Crippen LogP contribution in [0.3, 0.4) is 0 Å². The molecule has 0 aliphatic rings. The molecule has 0 atom stereocenters. The summed E-state index contributed by atoms with van der Waals surface area (Å²) in [5, 5.41) is 0. The Kier molecular flexibility index (Phi) is 4.20. The third-order valence-electron chi connectivity index (χ3n) is 2.71.